The van der Waals surface area contributed by atoms with Gasteiger partial charge in [-0.2, -0.15) is 0 Å². The maximum absolute atomic E-state index is 4.60. The van der Waals surface area contributed by atoms with Crippen molar-refractivity contribution in [1.82, 2.24) is 15.6 Å². The van der Waals surface area contributed by atoms with E-state index >= 15 is 0 Å². The predicted octanol–water partition coefficient (Wildman–Crippen LogP) is 2.05. The summed E-state index contributed by atoms with van der Waals surface area (Å²) >= 11 is 0. The van der Waals surface area contributed by atoms with Crippen molar-refractivity contribution in [2.24, 2.45) is 0 Å². The summed E-state index contributed by atoms with van der Waals surface area (Å²) in [6.07, 6.45) is 5.15. The fraction of sp³-hybridized carbons (Fsp3) is 0.800. The van der Waals surface area contributed by atoms with E-state index in [4.69, 9.17) is 0 Å². The molecule has 1 aromatic rings. The van der Waals surface area contributed by atoms with Crippen LogP contribution in [0.1, 0.15) is 44.0 Å². The van der Waals surface area contributed by atoms with Crippen molar-refractivity contribution < 1.29 is 4.63 Å². The summed E-state index contributed by atoms with van der Waals surface area (Å²) in [5.74, 6) is 0. The standard InChI is InChI=1S/C10H19N3O/c1-3-4-5-6-7-11-8-10-9(2)12-14-13-10/h11H,3-8H2,1-2H3. The van der Waals surface area contributed by atoms with Crippen LogP contribution in [0.15, 0.2) is 4.63 Å². The summed E-state index contributed by atoms with van der Waals surface area (Å²) < 4.78 is 4.60. The normalized spacial score (nSPS) is 10.7. The lowest BCUT2D eigenvalue weighted by molar-refractivity contribution is 0.300. The third-order valence-electron chi connectivity index (χ3n) is 2.25. The highest BCUT2D eigenvalue weighted by Crippen LogP contribution is 2.00. The van der Waals surface area contributed by atoms with E-state index in [1.165, 1.54) is 25.7 Å². The van der Waals surface area contributed by atoms with Crippen LogP contribution in [0.5, 0.6) is 0 Å². The number of unbranched alkanes of at least 4 members (excludes halogenated alkanes) is 3. The van der Waals surface area contributed by atoms with E-state index < -0.39 is 0 Å². The minimum atomic E-state index is 0.765. The number of nitrogens with zero attached hydrogens (tertiary/aromatic N) is 2. The molecule has 80 valence electrons. The average Bonchev–Trinajstić information content (AvgIpc) is 2.58. The molecule has 0 saturated carbocycles. The molecule has 1 aromatic heterocycles. The molecule has 4 nitrogen and oxygen atoms in total. The Bertz CT molecular complexity index is 247. The zero-order valence-corrected chi connectivity index (χ0v) is 9.05. The number of hydrogen-bond acceptors (Lipinski definition) is 4. The second-order valence-corrected chi connectivity index (χ2v) is 3.53. The molecule has 0 amide bonds. The van der Waals surface area contributed by atoms with Crippen LogP contribution in [0.2, 0.25) is 0 Å². The molecule has 14 heavy (non-hydrogen) atoms. The van der Waals surface area contributed by atoms with Crippen LogP contribution in [-0.4, -0.2) is 16.9 Å². The molecule has 0 aliphatic rings. The van der Waals surface area contributed by atoms with E-state index in [1.54, 1.807) is 0 Å². The topological polar surface area (TPSA) is 51.0 Å². The highest BCUT2D eigenvalue weighted by atomic mass is 16.6. The van der Waals surface area contributed by atoms with Crippen molar-refractivity contribution in [2.45, 2.75) is 46.1 Å². The Balaban J connectivity index is 2.02. The van der Waals surface area contributed by atoms with Crippen LogP contribution in [0.4, 0.5) is 0 Å². The molecular formula is C10H19N3O. The molecule has 4 heteroatoms. The first kappa shape index (κ1) is 11.2. The van der Waals surface area contributed by atoms with Crippen LogP contribution in [0.25, 0.3) is 0 Å². The lowest BCUT2D eigenvalue weighted by Crippen LogP contribution is -2.15. The van der Waals surface area contributed by atoms with Gasteiger partial charge in [0.05, 0.1) is 0 Å². The number of aryl methyl sites for hydroxylation is 1. The van der Waals surface area contributed by atoms with Gasteiger partial charge in [0.1, 0.15) is 11.4 Å². The van der Waals surface area contributed by atoms with E-state index in [-0.39, 0.29) is 0 Å². The summed E-state index contributed by atoms with van der Waals surface area (Å²) in [6.45, 7) is 5.94. The predicted molar refractivity (Wildman–Crippen MR) is 54.9 cm³/mol. The molecule has 1 N–H and O–H groups in total. The molecule has 0 fully saturated rings. The quantitative estimate of drug-likeness (QED) is 0.680. The SMILES string of the molecule is CCCCCCNCc1nonc1C. The first-order valence-electron chi connectivity index (χ1n) is 5.33. The lowest BCUT2D eigenvalue weighted by Gasteiger charge is -2.01. The maximum atomic E-state index is 4.60. The number of nitrogens with one attached hydrogen (secondary N) is 1. The largest absolute Gasteiger partial charge is 0.311 e. The summed E-state index contributed by atoms with van der Waals surface area (Å²) in [7, 11) is 0. The van der Waals surface area contributed by atoms with Crippen molar-refractivity contribution in [3.8, 4) is 0 Å². The smallest absolute Gasteiger partial charge is 0.121 e. The van der Waals surface area contributed by atoms with Crippen molar-refractivity contribution in [3.63, 3.8) is 0 Å². The number of hydrogen-bond donors (Lipinski definition) is 1. The van der Waals surface area contributed by atoms with E-state index in [2.05, 4.69) is 27.2 Å². The fourth-order valence-corrected chi connectivity index (χ4v) is 1.29. The molecule has 1 rings (SSSR count). The minimum Gasteiger partial charge on any atom is -0.311 e. The molecule has 0 aromatic carbocycles. The van der Waals surface area contributed by atoms with Gasteiger partial charge in [0.2, 0.25) is 0 Å². The Morgan fingerprint density at radius 2 is 2.07 bits per heavy atom. The van der Waals surface area contributed by atoms with Crippen molar-refractivity contribution in [3.05, 3.63) is 11.4 Å². The minimum absolute atomic E-state index is 0.765. The second kappa shape index (κ2) is 6.54. The van der Waals surface area contributed by atoms with Crippen LogP contribution in [0.3, 0.4) is 0 Å². The van der Waals surface area contributed by atoms with Gasteiger partial charge in [-0.25, -0.2) is 4.63 Å². The molecule has 0 aliphatic carbocycles. The molecule has 0 spiro atoms. The Kier molecular flexibility index (Phi) is 5.22. The van der Waals surface area contributed by atoms with Gasteiger partial charge in [0, 0.05) is 6.54 Å². The van der Waals surface area contributed by atoms with Gasteiger partial charge in [-0.1, -0.05) is 36.5 Å². The first-order chi connectivity index (χ1) is 6.84. The Morgan fingerprint density at radius 3 is 2.71 bits per heavy atom. The molecule has 0 saturated heterocycles. The van der Waals surface area contributed by atoms with E-state index in [0.29, 0.717) is 0 Å². The van der Waals surface area contributed by atoms with Crippen LogP contribution in [0, 0.1) is 6.92 Å². The van der Waals surface area contributed by atoms with Gasteiger partial charge in [-0.15, -0.1) is 0 Å². The maximum Gasteiger partial charge on any atom is 0.121 e. The molecule has 0 bridgehead atoms. The van der Waals surface area contributed by atoms with Gasteiger partial charge in [-0.3, -0.25) is 0 Å². The highest BCUT2D eigenvalue weighted by Gasteiger charge is 2.02. The van der Waals surface area contributed by atoms with Gasteiger partial charge in [0.15, 0.2) is 0 Å². The van der Waals surface area contributed by atoms with Crippen molar-refractivity contribution >= 4 is 0 Å². The molecule has 0 radical (unpaired) electrons. The van der Waals surface area contributed by atoms with Crippen LogP contribution in [-0.2, 0) is 6.54 Å². The fourth-order valence-electron chi connectivity index (χ4n) is 1.29. The summed E-state index contributed by atoms with van der Waals surface area (Å²) in [4.78, 5) is 0. The van der Waals surface area contributed by atoms with Crippen molar-refractivity contribution in [1.29, 1.82) is 0 Å². The lowest BCUT2D eigenvalue weighted by atomic mass is 10.2. The highest BCUT2D eigenvalue weighted by molar-refractivity contribution is 5.03. The van der Waals surface area contributed by atoms with E-state index in [9.17, 15) is 0 Å². The number of rotatable bonds is 7. The molecule has 0 aliphatic heterocycles. The average molecular weight is 197 g/mol. The van der Waals surface area contributed by atoms with Crippen LogP contribution >= 0.6 is 0 Å². The molecular weight excluding hydrogens is 178 g/mol. The molecule has 0 atom stereocenters. The zero-order valence-electron chi connectivity index (χ0n) is 9.05. The summed E-state index contributed by atoms with van der Waals surface area (Å²) in [6, 6.07) is 0. The van der Waals surface area contributed by atoms with Gasteiger partial charge < -0.3 is 5.32 Å². The zero-order chi connectivity index (χ0) is 10.2. The number of aromatic nitrogens is 2. The molecule has 1 heterocycles. The third kappa shape index (κ3) is 3.87. The van der Waals surface area contributed by atoms with Gasteiger partial charge in [-0.05, 0) is 19.9 Å². The monoisotopic (exact) mass is 197 g/mol. The van der Waals surface area contributed by atoms with E-state index in [0.717, 1.165) is 24.5 Å². The van der Waals surface area contributed by atoms with Gasteiger partial charge in [0.25, 0.3) is 0 Å². The Morgan fingerprint density at radius 1 is 1.21 bits per heavy atom. The summed E-state index contributed by atoms with van der Waals surface area (Å²) in [5, 5.41) is 10.8. The van der Waals surface area contributed by atoms with Gasteiger partial charge >= 0.3 is 0 Å². The summed E-state index contributed by atoms with van der Waals surface area (Å²) in [5.41, 5.74) is 1.80. The van der Waals surface area contributed by atoms with Crippen LogP contribution < -0.4 is 5.32 Å². The third-order valence-corrected chi connectivity index (χ3v) is 2.25. The Hall–Kier alpha value is -0.900. The second-order valence-electron chi connectivity index (χ2n) is 3.53. The Labute approximate surface area is 85.0 Å². The first-order valence-corrected chi connectivity index (χ1v) is 5.33. The van der Waals surface area contributed by atoms with E-state index in [1.807, 2.05) is 6.92 Å². The van der Waals surface area contributed by atoms with Crippen molar-refractivity contribution in [2.75, 3.05) is 6.54 Å². The molecule has 0 unspecified atom stereocenters.